The van der Waals surface area contributed by atoms with Gasteiger partial charge >= 0.3 is 6.03 Å². The fourth-order valence-electron chi connectivity index (χ4n) is 2.79. The van der Waals surface area contributed by atoms with E-state index >= 15 is 0 Å². The van der Waals surface area contributed by atoms with Crippen molar-refractivity contribution < 1.29 is 14.3 Å². The van der Waals surface area contributed by atoms with Crippen molar-refractivity contribution in [2.24, 2.45) is 0 Å². The quantitative estimate of drug-likeness (QED) is 0.579. The van der Waals surface area contributed by atoms with Crippen LogP contribution in [0.5, 0.6) is 5.75 Å². The van der Waals surface area contributed by atoms with Gasteiger partial charge in [0.25, 0.3) is 11.7 Å². The van der Waals surface area contributed by atoms with E-state index in [-0.39, 0.29) is 18.0 Å². The number of hydrogen-bond donors (Lipinski definition) is 2. The van der Waals surface area contributed by atoms with Gasteiger partial charge in [-0.1, -0.05) is 0 Å². The zero-order valence-corrected chi connectivity index (χ0v) is 16.2. The summed E-state index contributed by atoms with van der Waals surface area (Å²) in [5.74, 6) is 1.36. The molecule has 2 heterocycles. The van der Waals surface area contributed by atoms with Gasteiger partial charge < -0.3 is 14.8 Å². The molecule has 9 heteroatoms. The molecule has 1 aromatic carbocycles. The second-order valence-corrected chi connectivity index (χ2v) is 6.34. The largest absolute Gasteiger partial charge is 0.497 e. The Morgan fingerprint density at radius 2 is 2.00 bits per heavy atom. The third-order valence-electron chi connectivity index (χ3n) is 4.21. The molecule has 3 aromatic rings. The molecule has 2 N–H and O–H groups in total. The van der Waals surface area contributed by atoms with E-state index in [0.717, 1.165) is 29.8 Å². The first-order valence-electron chi connectivity index (χ1n) is 9.03. The zero-order valence-electron chi connectivity index (χ0n) is 16.2. The lowest BCUT2D eigenvalue weighted by atomic mass is 10.1. The summed E-state index contributed by atoms with van der Waals surface area (Å²) in [6.07, 6.45) is 3.36. The van der Waals surface area contributed by atoms with Crippen molar-refractivity contribution in [3.8, 4) is 17.0 Å². The summed E-state index contributed by atoms with van der Waals surface area (Å²) in [7, 11) is 3.28. The molecule has 0 radical (unpaired) electrons. The number of hydrogen-bond acceptors (Lipinski definition) is 6. The summed E-state index contributed by atoms with van der Waals surface area (Å²) in [5, 5.41) is 9.90. The van der Waals surface area contributed by atoms with Gasteiger partial charge in [0.05, 0.1) is 12.8 Å². The topological polar surface area (TPSA) is 103 Å². The summed E-state index contributed by atoms with van der Waals surface area (Å²) in [5.41, 5.74) is 1.74. The van der Waals surface area contributed by atoms with Gasteiger partial charge in [0.2, 0.25) is 0 Å². The standard InChI is InChI=1S/C19H24N6O3/c1-13(5-4-12-27-2)21-19(26)23-17-22-18-20-11-10-16(25(18)24-17)14-6-8-15(28-3)9-7-14/h6-11,13H,4-5,12H2,1-3H3,(H2,21,23,24,26). The van der Waals surface area contributed by atoms with Crippen molar-refractivity contribution >= 4 is 17.8 Å². The van der Waals surface area contributed by atoms with Gasteiger partial charge in [-0.2, -0.15) is 9.50 Å². The summed E-state index contributed by atoms with van der Waals surface area (Å²) in [6.45, 7) is 2.61. The molecule has 0 aliphatic carbocycles. The van der Waals surface area contributed by atoms with Crippen LogP contribution in [0.25, 0.3) is 17.0 Å². The molecular weight excluding hydrogens is 360 g/mol. The lowest BCUT2D eigenvalue weighted by molar-refractivity contribution is 0.189. The van der Waals surface area contributed by atoms with Crippen molar-refractivity contribution in [2.45, 2.75) is 25.8 Å². The SMILES string of the molecule is COCCCC(C)NC(=O)Nc1nc2nccc(-c3ccc(OC)cc3)n2n1. The lowest BCUT2D eigenvalue weighted by Gasteiger charge is -2.13. The van der Waals surface area contributed by atoms with E-state index in [2.05, 4.69) is 25.7 Å². The Balaban J connectivity index is 1.72. The van der Waals surface area contributed by atoms with E-state index in [1.165, 1.54) is 0 Å². The third-order valence-corrected chi connectivity index (χ3v) is 4.21. The van der Waals surface area contributed by atoms with Gasteiger partial charge in [0.15, 0.2) is 0 Å². The second kappa shape index (κ2) is 9.14. The van der Waals surface area contributed by atoms with Crippen LogP contribution in [0.1, 0.15) is 19.8 Å². The normalized spacial score (nSPS) is 12.0. The van der Waals surface area contributed by atoms with Gasteiger partial charge in [-0.05, 0) is 50.1 Å². The van der Waals surface area contributed by atoms with E-state index in [0.29, 0.717) is 12.4 Å². The number of fused-ring (bicyclic) bond motifs is 1. The average Bonchev–Trinajstić information content (AvgIpc) is 3.10. The van der Waals surface area contributed by atoms with Gasteiger partial charge in [-0.25, -0.2) is 9.78 Å². The molecule has 0 bridgehead atoms. The van der Waals surface area contributed by atoms with E-state index in [1.54, 1.807) is 24.9 Å². The van der Waals surface area contributed by atoms with Crippen LogP contribution in [0.2, 0.25) is 0 Å². The summed E-state index contributed by atoms with van der Waals surface area (Å²) >= 11 is 0. The van der Waals surface area contributed by atoms with E-state index in [4.69, 9.17) is 9.47 Å². The molecule has 28 heavy (non-hydrogen) atoms. The van der Waals surface area contributed by atoms with Crippen LogP contribution in [0.4, 0.5) is 10.7 Å². The number of nitrogens with one attached hydrogen (secondary N) is 2. The van der Waals surface area contributed by atoms with Crippen LogP contribution in [0.15, 0.2) is 36.5 Å². The Hall–Kier alpha value is -3.20. The maximum atomic E-state index is 12.2. The minimum Gasteiger partial charge on any atom is -0.497 e. The summed E-state index contributed by atoms with van der Waals surface area (Å²) < 4.78 is 11.8. The number of aromatic nitrogens is 4. The molecule has 0 spiro atoms. The van der Waals surface area contributed by atoms with E-state index in [1.807, 2.05) is 37.3 Å². The highest BCUT2D eigenvalue weighted by atomic mass is 16.5. The third kappa shape index (κ3) is 4.74. The zero-order chi connectivity index (χ0) is 19.9. The number of rotatable bonds is 8. The first kappa shape index (κ1) is 19.6. The Morgan fingerprint density at radius 1 is 1.21 bits per heavy atom. The van der Waals surface area contributed by atoms with Crippen LogP contribution >= 0.6 is 0 Å². The molecule has 2 amide bonds. The molecule has 9 nitrogen and oxygen atoms in total. The first-order valence-corrected chi connectivity index (χ1v) is 9.03. The van der Waals surface area contributed by atoms with E-state index < -0.39 is 0 Å². The minimum atomic E-state index is -0.355. The summed E-state index contributed by atoms with van der Waals surface area (Å²) in [6, 6.07) is 9.09. The fourth-order valence-corrected chi connectivity index (χ4v) is 2.79. The number of methoxy groups -OCH3 is 2. The van der Waals surface area contributed by atoms with Crippen LogP contribution in [-0.2, 0) is 4.74 Å². The average molecular weight is 384 g/mol. The molecule has 3 rings (SSSR count). The highest BCUT2D eigenvalue weighted by Crippen LogP contribution is 2.22. The van der Waals surface area contributed by atoms with E-state index in [9.17, 15) is 4.79 Å². The number of carbonyl (C=O) groups excluding carboxylic acids is 1. The molecule has 0 saturated carbocycles. The van der Waals surface area contributed by atoms with Gasteiger partial charge in [0, 0.05) is 31.5 Å². The monoisotopic (exact) mass is 384 g/mol. The van der Waals surface area contributed by atoms with Crippen LogP contribution < -0.4 is 15.4 Å². The molecule has 2 aromatic heterocycles. The van der Waals surface area contributed by atoms with Crippen LogP contribution in [0, 0.1) is 0 Å². The van der Waals surface area contributed by atoms with Crippen molar-refractivity contribution in [1.82, 2.24) is 24.9 Å². The highest BCUT2D eigenvalue weighted by molar-refractivity contribution is 5.87. The lowest BCUT2D eigenvalue weighted by Crippen LogP contribution is -2.36. The Bertz CT molecular complexity index is 925. The predicted molar refractivity (Wildman–Crippen MR) is 105 cm³/mol. The molecule has 148 valence electrons. The predicted octanol–water partition coefficient (Wildman–Crippen LogP) is 2.74. The number of ether oxygens (including phenoxy) is 2. The van der Waals surface area contributed by atoms with Gasteiger partial charge in [-0.3, -0.25) is 5.32 Å². The second-order valence-electron chi connectivity index (χ2n) is 6.34. The van der Waals surface area contributed by atoms with Gasteiger partial charge in [0.1, 0.15) is 5.75 Å². The van der Waals surface area contributed by atoms with Gasteiger partial charge in [-0.15, -0.1) is 5.10 Å². The molecule has 0 fully saturated rings. The number of anilines is 1. The first-order chi connectivity index (χ1) is 13.6. The number of urea groups is 1. The maximum Gasteiger partial charge on any atom is 0.321 e. The maximum absolute atomic E-state index is 12.2. The Kier molecular flexibility index (Phi) is 6.38. The molecule has 1 atom stereocenters. The Labute approximate surface area is 163 Å². The van der Waals surface area contributed by atoms with Crippen molar-refractivity contribution in [3.63, 3.8) is 0 Å². The number of nitrogens with zero attached hydrogens (tertiary/aromatic N) is 4. The van der Waals surface area contributed by atoms with Crippen molar-refractivity contribution in [3.05, 3.63) is 36.5 Å². The summed E-state index contributed by atoms with van der Waals surface area (Å²) in [4.78, 5) is 20.7. The Morgan fingerprint density at radius 3 is 2.71 bits per heavy atom. The molecule has 0 saturated heterocycles. The van der Waals surface area contributed by atoms with Crippen molar-refractivity contribution in [1.29, 1.82) is 0 Å². The van der Waals surface area contributed by atoms with Crippen molar-refractivity contribution in [2.75, 3.05) is 26.1 Å². The highest BCUT2D eigenvalue weighted by Gasteiger charge is 2.13. The van der Waals surface area contributed by atoms with Crippen LogP contribution in [-0.4, -0.2) is 52.5 Å². The molecule has 0 aliphatic rings. The smallest absolute Gasteiger partial charge is 0.321 e. The fraction of sp³-hybridized carbons (Fsp3) is 0.368. The number of benzene rings is 1. The minimum absolute atomic E-state index is 0.0140. The number of carbonyl (C=O) groups is 1. The molecular formula is C19H24N6O3. The van der Waals surface area contributed by atoms with Crippen LogP contribution in [0.3, 0.4) is 0 Å². The number of amides is 2. The molecule has 0 aliphatic heterocycles. The molecule has 1 unspecified atom stereocenters.